The standard InChI is InChI=1S/C13H17BrO2/c1-8-4-5-11(14)10-6-9(15-2)7-12(16-3)13(8)10/h6-8,11H,4-5H2,1-3H3. The van der Waals surface area contributed by atoms with Crippen molar-refractivity contribution >= 4 is 15.9 Å². The molecule has 88 valence electrons. The number of fused-ring (bicyclic) bond motifs is 1. The van der Waals surface area contributed by atoms with Crippen LogP contribution >= 0.6 is 15.9 Å². The third-order valence-corrected chi connectivity index (χ3v) is 4.24. The van der Waals surface area contributed by atoms with Gasteiger partial charge in [0.1, 0.15) is 11.5 Å². The molecule has 1 aliphatic rings. The summed E-state index contributed by atoms with van der Waals surface area (Å²) in [5, 5.41) is 0. The van der Waals surface area contributed by atoms with E-state index in [4.69, 9.17) is 9.47 Å². The van der Waals surface area contributed by atoms with E-state index in [0.29, 0.717) is 10.7 Å². The van der Waals surface area contributed by atoms with Crippen LogP contribution in [0.4, 0.5) is 0 Å². The lowest BCUT2D eigenvalue weighted by atomic mass is 9.83. The molecule has 0 spiro atoms. The van der Waals surface area contributed by atoms with E-state index in [1.54, 1.807) is 14.2 Å². The molecule has 3 heteroatoms. The largest absolute Gasteiger partial charge is 0.497 e. The maximum atomic E-state index is 5.47. The van der Waals surface area contributed by atoms with Gasteiger partial charge in [-0.3, -0.25) is 0 Å². The van der Waals surface area contributed by atoms with Gasteiger partial charge >= 0.3 is 0 Å². The van der Waals surface area contributed by atoms with E-state index in [1.165, 1.54) is 24.0 Å². The van der Waals surface area contributed by atoms with Crippen LogP contribution in [0, 0.1) is 0 Å². The van der Waals surface area contributed by atoms with Gasteiger partial charge in [-0.25, -0.2) is 0 Å². The Morgan fingerprint density at radius 2 is 1.94 bits per heavy atom. The molecule has 16 heavy (non-hydrogen) atoms. The van der Waals surface area contributed by atoms with Crippen molar-refractivity contribution in [3.63, 3.8) is 0 Å². The number of hydrogen-bond acceptors (Lipinski definition) is 2. The number of rotatable bonds is 2. The van der Waals surface area contributed by atoms with E-state index >= 15 is 0 Å². The number of methoxy groups -OCH3 is 2. The number of ether oxygens (including phenoxy) is 2. The highest BCUT2D eigenvalue weighted by molar-refractivity contribution is 9.09. The highest BCUT2D eigenvalue weighted by Crippen LogP contribution is 2.47. The molecule has 0 aliphatic heterocycles. The summed E-state index contributed by atoms with van der Waals surface area (Å²) < 4.78 is 10.8. The maximum Gasteiger partial charge on any atom is 0.126 e. The first kappa shape index (κ1) is 11.8. The Bertz CT molecular complexity index is 390. The molecule has 1 aromatic rings. The van der Waals surface area contributed by atoms with Gasteiger partial charge in [0.15, 0.2) is 0 Å². The second kappa shape index (κ2) is 4.66. The fraction of sp³-hybridized carbons (Fsp3) is 0.538. The highest BCUT2D eigenvalue weighted by Gasteiger charge is 2.27. The van der Waals surface area contributed by atoms with Crippen molar-refractivity contribution in [1.82, 2.24) is 0 Å². The summed E-state index contributed by atoms with van der Waals surface area (Å²) in [6.07, 6.45) is 2.37. The summed E-state index contributed by atoms with van der Waals surface area (Å²) in [5.74, 6) is 2.38. The lowest BCUT2D eigenvalue weighted by Crippen LogP contribution is -2.11. The summed E-state index contributed by atoms with van der Waals surface area (Å²) in [5.41, 5.74) is 2.64. The van der Waals surface area contributed by atoms with E-state index in [-0.39, 0.29) is 0 Å². The van der Waals surface area contributed by atoms with Gasteiger partial charge in [-0.2, -0.15) is 0 Å². The molecule has 1 aromatic carbocycles. The Hall–Kier alpha value is -0.700. The summed E-state index contributed by atoms with van der Waals surface area (Å²) >= 11 is 3.73. The van der Waals surface area contributed by atoms with Crippen LogP contribution in [-0.2, 0) is 0 Å². The van der Waals surface area contributed by atoms with Crippen LogP contribution in [0.25, 0.3) is 0 Å². The zero-order valence-corrected chi connectivity index (χ0v) is 11.5. The molecule has 2 atom stereocenters. The lowest BCUT2D eigenvalue weighted by molar-refractivity contribution is 0.383. The monoisotopic (exact) mass is 284 g/mol. The summed E-state index contributed by atoms with van der Waals surface area (Å²) in [6.45, 7) is 2.26. The summed E-state index contributed by atoms with van der Waals surface area (Å²) in [6, 6.07) is 4.09. The normalized spacial score (nSPS) is 23.8. The SMILES string of the molecule is COc1cc(OC)c2c(c1)C(Br)CCC2C. The molecule has 2 rings (SSSR count). The van der Waals surface area contributed by atoms with Crippen molar-refractivity contribution in [2.24, 2.45) is 0 Å². The van der Waals surface area contributed by atoms with Crippen LogP contribution in [-0.4, -0.2) is 14.2 Å². The lowest BCUT2D eigenvalue weighted by Gasteiger charge is -2.28. The quantitative estimate of drug-likeness (QED) is 0.764. The van der Waals surface area contributed by atoms with E-state index < -0.39 is 0 Å². The van der Waals surface area contributed by atoms with Crippen molar-refractivity contribution in [1.29, 1.82) is 0 Å². The molecule has 0 saturated carbocycles. The van der Waals surface area contributed by atoms with Gasteiger partial charge in [0.05, 0.1) is 14.2 Å². The Morgan fingerprint density at radius 3 is 2.56 bits per heavy atom. The molecule has 0 heterocycles. The minimum absolute atomic E-state index is 0.419. The van der Waals surface area contributed by atoms with Gasteiger partial charge in [0.25, 0.3) is 0 Å². The smallest absolute Gasteiger partial charge is 0.126 e. The summed E-state index contributed by atoms with van der Waals surface area (Å²) in [4.78, 5) is 0.419. The van der Waals surface area contributed by atoms with Gasteiger partial charge in [-0.05, 0) is 30.4 Å². The van der Waals surface area contributed by atoms with E-state index in [9.17, 15) is 0 Å². The second-order valence-electron chi connectivity index (χ2n) is 4.28. The van der Waals surface area contributed by atoms with E-state index in [2.05, 4.69) is 28.9 Å². The van der Waals surface area contributed by atoms with Gasteiger partial charge in [0, 0.05) is 16.5 Å². The topological polar surface area (TPSA) is 18.5 Å². The predicted molar refractivity (Wildman–Crippen MR) is 68.9 cm³/mol. The zero-order valence-electron chi connectivity index (χ0n) is 9.92. The minimum Gasteiger partial charge on any atom is -0.497 e. The Kier molecular flexibility index (Phi) is 3.43. The minimum atomic E-state index is 0.419. The molecular weight excluding hydrogens is 268 g/mol. The molecule has 2 nitrogen and oxygen atoms in total. The van der Waals surface area contributed by atoms with Crippen molar-refractivity contribution in [2.75, 3.05) is 14.2 Å². The molecule has 0 aromatic heterocycles. The van der Waals surface area contributed by atoms with Crippen molar-refractivity contribution in [3.05, 3.63) is 23.3 Å². The second-order valence-corrected chi connectivity index (χ2v) is 5.38. The van der Waals surface area contributed by atoms with Crippen LogP contribution in [0.2, 0.25) is 0 Å². The molecule has 0 radical (unpaired) electrons. The van der Waals surface area contributed by atoms with Crippen LogP contribution in [0.5, 0.6) is 11.5 Å². The van der Waals surface area contributed by atoms with Gasteiger partial charge in [0.2, 0.25) is 0 Å². The average molecular weight is 285 g/mol. The molecule has 0 amide bonds. The Labute approximate surface area is 105 Å². The van der Waals surface area contributed by atoms with Crippen LogP contribution in [0.3, 0.4) is 0 Å². The third-order valence-electron chi connectivity index (χ3n) is 3.29. The average Bonchev–Trinajstić information content (AvgIpc) is 2.32. The molecule has 0 N–H and O–H groups in total. The maximum absolute atomic E-state index is 5.47. The van der Waals surface area contributed by atoms with Crippen LogP contribution in [0.15, 0.2) is 12.1 Å². The highest BCUT2D eigenvalue weighted by atomic mass is 79.9. The van der Waals surface area contributed by atoms with Crippen molar-refractivity contribution in [3.8, 4) is 11.5 Å². The number of benzene rings is 1. The van der Waals surface area contributed by atoms with Crippen LogP contribution in [0.1, 0.15) is 41.6 Å². The van der Waals surface area contributed by atoms with E-state index in [1.807, 2.05) is 6.07 Å². The molecule has 0 saturated heterocycles. The van der Waals surface area contributed by atoms with Gasteiger partial charge in [-0.15, -0.1) is 0 Å². The van der Waals surface area contributed by atoms with Crippen molar-refractivity contribution in [2.45, 2.75) is 30.5 Å². The first-order chi connectivity index (χ1) is 7.67. The number of hydrogen-bond donors (Lipinski definition) is 0. The van der Waals surface area contributed by atoms with E-state index in [0.717, 1.165) is 11.5 Å². The first-order valence-electron chi connectivity index (χ1n) is 5.57. The molecule has 0 bridgehead atoms. The molecule has 2 unspecified atom stereocenters. The molecule has 1 aliphatic carbocycles. The van der Waals surface area contributed by atoms with Gasteiger partial charge < -0.3 is 9.47 Å². The fourth-order valence-electron chi connectivity index (χ4n) is 2.39. The van der Waals surface area contributed by atoms with Crippen molar-refractivity contribution < 1.29 is 9.47 Å². The fourth-order valence-corrected chi connectivity index (χ4v) is 3.03. The van der Waals surface area contributed by atoms with Gasteiger partial charge in [-0.1, -0.05) is 22.9 Å². The molecular formula is C13H17BrO2. The zero-order chi connectivity index (χ0) is 11.7. The number of halogens is 1. The van der Waals surface area contributed by atoms with Crippen LogP contribution < -0.4 is 9.47 Å². The predicted octanol–water partition coefficient (Wildman–Crippen LogP) is 4.04. The molecule has 0 fully saturated rings. The summed E-state index contributed by atoms with van der Waals surface area (Å²) in [7, 11) is 3.41. The Morgan fingerprint density at radius 1 is 1.19 bits per heavy atom. The first-order valence-corrected chi connectivity index (χ1v) is 6.48. The Balaban J connectivity index is 2.58. The third kappa shape index (κ3) is 1.93. The number of alkyl halides is 1.